The summed E-state index contributed by atoms with van der Waals surface area (Å²) in [5.41, 5.74) is 0. The zero-order chi connectivity index (χ0) is 13.0. The molecule has 0 N–H and O–H groups in total. The normalized spacial score (nSPS) is 9.88. The molecule has 3 nitrogen and oxygen atoms in total. The number of halogens is 3. The van der Waals surface area contributed by atoms with E-state index in [9.17, 15) is 4.79 Å². The summed E-state index contributed by atoms with van der Waals surface area (Å²) in [7, 11) is 0. The van der Waals surface area contributed by atoms with E-state index < -0.39 is 5.97 Å². The van der Waals surface area contributed by atoms with Crippen LogP contribution in [0.3, 0.4) is 0 Å². The molecule has 6 heteroatoms. The third-order valence-corrected chi connectivity index (χ3v) is 3.01. The Bertz CT molecular complexity index is 458. The quantitative estimate of drug-likeness (QED) is 0.363. The van der Waals surface area contributed by atoms with Gasteiger partial charge in [-0.15, -0.1) is 0 Å². The van der Waals surface area contributed by atoms with Crippen molar-refractivity contribution in [2.75, 3.05) is 6.61 Å². The summed E-state index contributed by atoms with van der Waals surface area (Å²) in [6, 6.07) is 2.99. The number of rotatable bonds is 4. The Balaban J connectivity index is 2.86. The average molecular weight is 296 g/mol. The molecule has 0 fully saturated rings. The van der Waals surface area contributed by atoms with Gasteiger partial charge in [-0.1, -0.05) is 34.8 Å². The van der Waals surface area contributed by atoms with Crippen molar-refractivity contribution in [3.05, 3.63) is 39.5 Å². The lowest BCUT2D eigenvalue weighted by Crippen LogP contribution is -2.11. The molecule has 0 aliphatic rings. The first-order chi connectivity index (χ1) is 7.97. The van der Waals surface area contributed by atoms with E-state index in [-0.39, 0.29) is 28.2 Å². The second-order valence-electron chi connectivity index (χ2n) is 2.92. The lowest BCUT2D eigenvalue weighted by atomic mass is 10.3. The molecule has 0 aliphatic heterocycles. The molecule has 1 aromatic rings. The van der Waals surface area contributed by atoms with Crippen LogP contribution in [-0.2, 0) is 9.53 Å². The van der Waals surface area contributed by atoms with Gasteiger partial charge >= 0.3 is 5.97 Å². The number of carbonyl (C=O) groups excluding carboxylic acids is 1. The molecule has 1 aromatic carbocycles. The molecule has 0 spiro atoms. The van der Waals surface area contributed by atoms with Crippen molar-refractivity contribution in [1.82, 2.24) is 0 Å². The number of esters is 1. The van der Waals surface area contributed by atoms with E-state index in [0.717, 1.165) is 0 Å². The third-order valence-electron chi connectivity index (χ3n) is 1.74. The van der Waals surface area contributed by atoms with Gasteiger partial charge in [0.2, 0.25) is 5.76 Å². The van der Waals surface area contributed by atoms with Crippen molar-refractivity contribution >= 4 is 40.8 Å². The Morgan fingerprint density at radius 3 is 2.53 bits per heavy atom. The Morgan fingerprint density at radius 2 is 1.94 bits per heavy atom. The molecule has 17 heavy (non-hydrogen) atoms. The number of hydrogen-bond donors (Lipinski definition) is 0. The highest BCUT2D eigenvalue weighted by atomic mass is 35.5. The zero-order valence-electron chi connectivity index (χ0n) is 8.93. The summed E-state index contributed by atoms with van der Waals surface area (Å²) in [5.74, 6) is -0.638. The van der Waals surface area contributed by atoms with Crippen LogP contribution in [0.2, 0.25) is 15.1 Å². The molecule has 0 aliphatic carbocycles. The van der Waals surface area contributed by atoms with Gasteiger partial charge in [-0.3, -0.25) is 0 Å². The van der Waals surface area contributed by atoms with E-state index in [1.54, 1.807) is 6.92 Å². The lowest BCUT2D eigenvalue weighted by Gasteiger charge is -2.10. The molecule has 1 rings (SSSR count). The first-order valence-corrected chi connectivity index (χ1v) is 5.78. The molecule has 0 amide bonds. The van der Waals surface area contributed by atoms with Crippen molar-refractivity contribution < 1.29 is 14.3 Å². The van der Waals surface area contributed by atoms with E-state index in [2.05, 4.69) is 6.58 Å². The SMILES string of the molecule is C=C(Oc1ccc(Cl)c(Cl)c1Cl)C(=O)OCC. The predicted octanol–water partition coefficient (Wildman–Crippen LogP) is 4.10. The van der Waals surface area contributed by atoms with Crippen LogP contribution in [0.25, 0.3) is 0 Å². The van der Waals surface area contributed by atoms with Crippen LogP contribution < -0.4 is 4.74 Å². The summed E-state index contributed by atoms with van der Waals surface area (Å²) >= 11 is 17.5. The molecule has 0 atom stereocenters. The molecule has 0 aromatic heterocycles. The largest absolute Gasteiger partial charge is 0.460 e. The lowest BCUT2D eigenvalue weighted by molar-refractivity contribution is -0.140. The average Bonchev–Trinajstić information content (AvgIpc) is 2.30. The van der Waals surface area contributed by atoms with Crippen molar-refractivity contribution in [2.24, 2.45) is 0 Å². The van der Waals surface area contributed by atoms with Gasteiger partial charge in [0.25, 0.3) is 0 Å². The fraction of sp³-hybridized carbons (Fsp3) is 0.182. The summed E-state index contributed by atoms with van der Waals surface area (Å²) in [6.45, 7) is 5.34. The molecule has 0 radical (unpaired) electrons. The van der Waals surface area contributed by atoms with E-state index in [1.807, 2.05) is 0 Å². The summed E-state index contributed by atoms with van der Waals surface area (Å²) in [4.78, 5) is 11.3. The van der Waals surface area contributed by atoms with Crippen LogP contribution in [0.5, 0.6) is 5.75 Å². The molecule has 92 valence electrons. The van der Waals surface area contributed by atoms with E-state index in [0.29, 0.717) is 5.02 Å². The minimum absolute atomic E-state index is 0.115. The first kappa shape index (κ1) is 14.2. The first-order valence-electron chi connectivity index (χ1n) is 4.64. The number of ether oxygens (including phenoxy) is 2. The fourth-order valence-electron chi connectivity index (χ4n) is 0.973. The number of carbonyl (C=O) groups is 1. The minimum Gasteiger partial charge on any atom is -0.460 e. The van der Waals surface area contributed by atoms with E-state index in [4.69, 9.17) is 44.3 Å². The minimum atomic E-state index is -0.658. The topological polar surface area (TPSA) is 35.5 Å². The Hall–Kier alpha value is -0.900. The van der Waals surface area contributed by atoms with Crippen molar-refractivity contribution in [3.8, 4) is 5.75 Å². The van der Waals surface area contributed by atoms with Crippen LogP contribution >= 0.6 is 34.8 Å². The van der Waals surface area contributed by atoms with Gasteiger partial charge in [0.1, 0.15) is 10.8 Å². The van der Waals surface area contributed by atoms with Gasteiger partial charge < -0.3 is 9.47 Å². The Labute approximate surface area is 114 Å². The second-order valence-corrected chi connectivity index (χ2v) is 4.08. The predicted molar refractivity (Wildman–Crippen MR) is 67.9 cm³/mol. The van der Waals surface area contributed by atoms with Gasteiger partial charge in [-0.05, 0) is 25.6 Å². The highest BCUT2D eigenvalue weighted by molar-refractivity contribution is 6.48. The monoisotopic (exact) mass is 294 g/mol. The third kappa shape index (κ3) is 3.53. The van der Waals surface area contributed by atoms with Gasteiger partial charge in [-0.25, -0.2) is 4.79 Å². The van der Waals surface area contributed by atoms with Crippen molar-refractivity contribution in [1.29, 1.82) is 0 Å². The Kier molecular flexibility index (Phi) is 5.12. The van der Waals surface area contributed by atoms with Gasteiger partial charge in [0.15, 0.2) is 0 Å². The van der Waals surface area contributed by atoms with Crippen LogP contribution in [0.15, 0.2) is 24.5 Å². The highest BCUT2D eigenvalue weighted by Gasteiger charge is 2.15. The maximum atomic E-state index is 11.3. The number of benzene rings is 1. The fourth-order valence-corrected chi connectivity index (χ4v) is 1.54. The second kappa shape index (κ2) is 6.15. The summed E-state index contributed by atoms with van der Waals surface area (Å²) in [6.07, 6.45) is 0. The van der Waals surface area contributed by atoms with E-state index in [1.165, 1.54) is 12.1 Å². The smallest absolute Gasteiger partial charge is 0.373 e. The van der Waals surface area contributed by atoms with Gasteiger partial charge in [0.05, 0.1) is 16.7 Å². The van der Waals surface area contributed by atoms with Crippen LogP contribution in [0.1, 0.15) is 6.92 Å². The molecule has 0 saturated carbocycles. The van der Waals surface area contributed by atoms with Crippen LogP contribution in [0.4, 0.5) is 0 Å². The Morgan fingerprint density at radius 1 is 1.29 bits per heavy atom. The van der Waals surface area contributed by atoms with Crippen LogP contribution in [0, 0.1) is 0 Å². The molecule has 0 bridgehead atoms. The molecule has 0 saturated heterocycles. The summed E-state index contributed by atoms with van der Waals surface area (Å²) < 4.78 is 9.86. The van der Waals surface area contributed by atoms with Gasteiger partial charge in [-0.2, -0.15) is 0 Å². The van der Waals surface area contributed by atoms with Gasteiger partial charge in [0, 0.05) is 0 Å². The highest BCUT2D eigenvalue weighted by Crippen LogP contribution is 2.37. The van der Waals surface area contributed by atoms with E-state index >= 15 is 0 Å². The molecule has 0 unspecified atom stereocenters. The summed E-state index contributed by atoms with van der Waals surface area (Å²) in [5, 5.41) is 0.567. The number of hydrogen-bond acceptors (Lipinski definition) is 3. The van der Waals surface area contributed by atoms with Crippen molar-refractivity contribution in [2.45, 2.75) is 6.92 Å². The van der Waals surface area contributed by atoms with Crippen molar-refractivity contribution in [3.63, 3.8) is 0 Å². The molecule has 0 heterocycles. The zero-order valence-corrected chi connectivity index (χ0v) is 11.2. The maximum Gasteiger partial charge on any atom is 0.373 e. The maximum absolute atomic E-state index is 11.3. The van der Waals surface area contributed by atoms with Crippen LogP contribution in [-0.4, -0.2) is 12.6 Å². The molecular formula is C11H9Cl3O3. The standard InChI is InChI=1S/C11H9Cl3O3/c1-3-16-11(15)6(2)17-8-5-4-7(12)9(13)10(8)14/h4-5H,2-3H2,1H3. The molecular weight excluding hydrogens is 286 g/mol.